The molecule has 0 spiro atoms. The van der Waals surface area contributed by atoms with Crippen LogP contribution in [0.5, 0.6) is 0 Å². The van der Waals surface area contributed by atoms with Crippen LogP contribution in [0.1, 0.15) is 40.1 Å². The third kappa shape index (κ3) is 3.91. The van der Waals surface area contributed by atoms with Gasteiger partial charge in [0.15, 0.2) is 0 Å². The maximum absolute atomic E-state index is 12.7. The second kappa shape index (κ2) is 7.53. The molecule has 2 aromatic carbocycles. The monoisotopic (exact) mass is 353 g/mol. The van der Waals surface area contributed by atoms with Crippen molar-refractivity contribution in [1.82, 2.24) is 15.1 Å². The lowest BCUT2D eigenvalue weighted by Crippen LogP contribution is -2.27. The minimum Gasteiger partial charge on any atom is -0.345 e. The van der Waals surface area contributed by atoms with Crippen molar-refractivity contribution in [1.29, 1.82) is 0 Å². The highest BCUT2D eigenvalue weighted by Gasteiger charge is 2.22. The van der Waals surface area contributed by atoms with Crippen molar-refractivity contribution in [2.75, 3.05) is 0 Å². The van der Waals surface area contributed by atoms with Gasteiger partial charge < -0.3 is 5.32 Å². The van der Waals surface area contributed by atoms with Gasteiger partial charge in [0.05, 0.1) is 23.8 Å². The predicted molar refractivity (Wildman–Crippen MR) is 99.8 cm³/mol. The Morgan fingerprint density at radius 2 is 1.72 bits per heavy atom. The number of hydrogen-bond acceptors (Lipinski definition) is 2. The molecule has 1 amide bonds. The number of aryl methyl sites for hydroxylation is 1. The first-order chi connectivity index (χ1) is 12.1. The van der Waals surface area contributed by atoms with Gasteiger partial charge in [0.2, 0.25) is 0 Å². The van der Waals surface area contributed by atoms with Gasteiger partial charge in [-0.15, -0.1) is 0 Å². The molecular formula is C20H20ClN3O. The molecule has 25 heavy (non-hydrogen) atoms. The van der Waals surface area contributed by atoms with Crippen LogP contribution in [-0.4, -0.2) is 15.7 Å². The van der Waals surface area contributed by atoms with Crippen LogP contribution in [0.25, 0.3) is 0 Å². The molecule has 1 unspecified atom stereocenters. The van der Waals surface area contributed by atoms with E-state index in [4.69, 9.17) is 11.6 Å². The molecule has 4 nitrogen and oxygen atoms in total. The van der Waals surface area contributed by atoms with Crippen LogP contribution in [0, 0.1) is 6.92 Å². The highest BCUT2D eigenvalue weighted by atomic mass is 35.5. The lowest BCUT2D eigenvalue weighted by molar-refractivity contribution is 0.0939. The summed E-state index contributed by atoms with van der Waals surface area (Å²) in [5.74, 6) is -0.210. The topological polar surface area (TPSA) is 46.9 Å². The summed E-state index contributed by atoms with van der Waals surface area (Å²) in [5.41, 5.74) is 3.18. The van der Waals surface area contributed by atoms with Gasteiger partial charge in [-0.1, -0.05) is 72.3 Å². The van der Waals surface area contributed by atoms with Gasteiger partial charge in [0.1, 0.15) is 5.15 Å². The first-order valence-electron chi connectivity index (χ1n) is 8.19. The van der Waals surface area contributed by atoms with Crippen LogP contribution in [-0.2, 0) is 6.54 Å². The predicted octanol–water partition coefficient (Wildman–Crippen LogP) is 4.38. The fraction of sp³-hybridized carbons (Fsp3) is 0.200. The van der Waals surface area contributed by atoms with Gasteiger partial charge in [0, 0.05) is 0 Å². The van der Waals surface area contributed by atoms with Crippen LogP contribution in [0.2, 0.25) is 5.15 Å². The number of halogens is 1. The molecule has 0 fully saturated rings. The maximum atomic E-state index is 12.7. The molecule has 5 heteroatoms. The molecule has 128 valence electrons. The highest BCUT2D eigenvalue weighted by molar-refractivity contribution is 6.33. The zero-order valence-electron chi connectivity index (χ0n) is 14.2. The van der Waals surface area contributed by atoms with Crippen molar-refractivity contribution < 1.29 is 4.79 Å². The van der Waals surface area contributed by atoms with Crippen LogP contribution in [0.4, 0.5) is 0 Å². The van der Waals surface area contributed by atoms with E-state index in [0.717, 1.165) is 11.1 Å². The molecule has 3 rings (SSSR count). The smallest absolute Gasteiger partial charge is 0.256 e. The van der Waals surface area contributed by atoms with E-state index in [-0.39, 0.29) is 11.9 Å². The second-order valence-electron chi connectivity index (χ2n) is 6.00. The van der Waals surface area contributed by atoms with Crippen molar-refractivity contribution in [3.05, 3.63) is 88.2 Å². The Hall–Kier alpha value is -2.59. The minimum absolute atomic E-state index is 0.110. The summed E-state index contributed by atoms with van der Waals surface area (Å²) in [6.07, 6.45) is 0. The van der Waals surface area contributed by atoms with Crippen molar-refractivity contribution in [2.45, 2.75) is 26.4 Å². The van der Waals surface area contributed by atoms with E-state index < -0.39 is 0 Å². The maximum Gasteiger partial charge on any atom is 0.256 e. The quantitative estimate of drug-likeness (QED) is 0.739. The fourth-order valence-corrected chi connectivity index (χ4v) is 3.09. The molecule has 1 atom stereocenters. The van der Waals surface area contributed by atoms with E-state index in [1.807, 2.05) is 67.6 Å². The highest BCUT2D eigenvalue weighted by Crippen LogP contribution is 2.22. The van der Waals surface area contributed by atoms with E-state index in [9.17, 15) is 4.79 Å². The number of amides is 1. The molecule has 0 saturated carbocycles. The zero-order chi connectivity index (χ0) is 17.8. The molecule has 0 aliphatic heterocycles. The third-order valence-corrected chi connectivity index (χ3v) is 4.50. The van der Waals surface area contributed by atoms with Crippen LogP contribution < -0.4 is 5.32 Å². The Labute approximate surface area is 152 Å². The molecule has 0 aliphatic rings. The van der Waals surface area contributed by atoms with Gasteiger partial charge in [-0.3, -0.25) is 4.79 Å². The zero-order valence-corrected chi connectivity index (χ0v) is 15.0. The van der Waals surface area contributed by atoms with Crippen molar-refractivity contribution in [3.63, 3.8) is 0 Å². The average molecular weight is 354 g/mol. The third-order valence-electron chi connectivity index (χ3n) is 4.11. The molecule has 1 aromatic heterocycles. The number of aromatic nitrogens is 2. The van der Waals surface area contributed by atoms with Crippen molar-refractivity contribution in [3.8, 4) is 0 Å². The standard InChI is InChI=1S/C20H20ClN3O/c1-14(17-11-7-4-8-12-17)22-20(25)18-15(2)23-24(19(18)21)13-16-9-5-3-6-10-16/h3-12,14H,13H2,1-2H3,(H,22,25). The molecule has 0 bridgehead atoms. The van der Waals surface area contributed by atoms with E-state index in [1.54, 1.807) is 11.6 Å². The molecule has 0 radical (unpaired) electrons. The van der Waals surface area contributed by atoms with E-state index in [1.165, 1.54) is 0 Å². The largest absolute Gasteiger partial charge is 0.345 e. The summed E-state index contributed by atoms with van der Waals surface area (Å²) < 4.78 is 1.66. The fourth-order valence-electron chi connectivity index (χ4n) is 2.77. The van der Waals surface area contributed by atoms with Gasteiger partial charge in [0.25, 0.3) is 5.91 Å². The van der Waals surface area contributed by atoms with Gasteiger partial charge in [-0.05, 0) is 25.0 Å². The Morgan fingerprint density at radius 3 is 2.36 bits per heavy atom. The van der Waals surface area contributed by atoms with Crippen LogP contribution in [0.15, 0.2) is 60.7 Å². The Balaban J connectivity index is 1.79. The van der Waals surface area contributed by atoms with E-state index in [2.05, 4.69) is 10.4 Å². The number of nitrogens with zero attached hydrogens (tertiary/aromatic N) is 2. The summed E-state index contributed by atoms with van der Waals surface area (Å²) in [5, 5.41) is 7.79. The average Bonchev–Trinajstić information content (AvgIpc) is 2.90. The Kier molecular flexibility index (Phi) is 5.19. The van der Waals surface area contributed by atoms with Gasteiger partial charge in [-0.2, -0.15) is 5.10 Å². The van der Waals surface area contributed by atoms with Crippen LogP contribution in [0.3, 0.4) is 0 Å². The minimum atomic E-state index is -0.210. The molecule has 0 aliphatic carbocycles. The lowest BCUT2D eigenvalue weighted by Gasteiger charge is -2.14. The molecule has 3 aromatic rings. The first-order valence-corrected chi connectivity index (χ1v) is 8.56. The van der Waals surface area contributed by atoms with Crippen molar-refractivity contribution in [2.24, 2.45) is 0 Å². The van der Waals surface area contributed by atoms with E-state index >= 15 is 0 Å². The number of nitrogens with one attached hydrogen (secondary N) is 1. The SMILES string of the molecule is Cc1nn(Cc2ccccc2)c(Cl)c1C(=O)NC(C)c1ccccc1. The molecule has 1 N–H and O–H groups in total. The molecule has 0 saturated heterocycles. The number of carbonyl (C=O) groups excluding carboxylic acids is 1. The molecular weight excluding hydrogens is 334 g/mol. The van der Waals surface area contributed by atoms with E-state index in [0.29, 0.717) is 23.0 Å². The lowest BCUT2D eigenvalue weighted by atomic mass is 10.1. The summed E-state index contributed by atoms with van der Waals surface area (Å²) in [6, 6.07) is 19.6. The summed E-state index contributed by atoms with van der Waals surface area (Å²) in [7, 11) is 0. The number of carbonyl (C=O) groups is 1. The number of benzene rings is 2. The van der Waals surface area contributed by atoms with Crippen molar-refractivity contribution >= 4 is 17.5 Å². The van der Waals surface area contributed by atoms with Crippen LogP contribution >= 0.6 is 11.6 Å². The number of rotatable bonds is 5. The second-order valence-corrected chi connectivity index (χ2v) is 6.36. The normalized spacial score (nSPS) is 12.0. The summed E-state index contributed by atoms with van der Waals surface area (Å²) in [4.78, 5) is 12.7. The summed E-state index contributed by atoms with van der Waals surface area (Å²) >= 11 is 6.44. The number of hydrogen-bond donors (Lipinski definition) is 1. The first kappa shape index (κ1) is 17.2. The van der Waals surface area contributed by atoms with Gasteiger partial charge >= 0.3 is 0 Å². The Bertz CT molecular complexity index is 859. The van der Waals surface area contributed by atoms with Gasteiger partial charge in [-0.25, -0.2) is 4.68 Å². The summed E-state index contributed by atoms with van der Waals surface area (Å²) in [6.45, 7) is 4.28. The Morgan fingerprint density at radius 1 is 1.12 bits per heavy atom. The molecule has 1 heterocycles.